The molecule has 0 saturated carbocycles. The van der Waals surface area contributed by atoms with Crippen molar-refractivity contribution in [3.63, 3.8) is 0 Å². The Bertz CT molecular complexity index is 1000. The maximum Gasteiger partial charge on any atom is 0.264 e. The second kappa shape index (κ2) is 7.76. The Kier molecular flexibility index (Phi) is 5.43. The SMILES string of the molecule is COCCNc1nc(-c2ccc(N)c(SC)c2)cc2ncn(C)c(=O)c12. The molecule has 3 N–H and O–H groups in total. The zero-order valence-corrected chi connectivity index (χ0v) is 15.8. The van der Waals surface area contributed by atoms with Gasteiger partial charge in [-0.1, -0.05) is 6.07 Å². The summed E-state index contributed by atoms with van der Waals surface area (Å²) in [4.78, 5) is 22.6. The molecule has 0 amide bonds. The largest absolute Gasteiger partial charge is 0.398 e. The van der Waals surface area contributed by atoms with E-state index >= 15 is 0 Å². The molecule has 0 aliphatic carbocycles. The van der Waals surface area contributed by atoms with E-state index in [1.54, 1.807) is 25.9 Å². The number of nitrogens with one attached hydrogen (secondary N) is 1. The lowest BCUT2D eigenvalue weighted by Gasteiger charge is -2.12. The van der Waals surface area contributed by atoms with Gasteiger partial charge in [0.05, 0.1) is 24.1 Å². The summed E-state index contributed by atoms with van der Waals surface area (Å²) in [6, 6.07) is 7.60. The fraction of sp³-hybridized carbons (Fsp3) is 0.278. The van der Waals surface area contributed by atoms with E-state index in [0.717, 1.165) is 21.8 Å². The van der Waals surface area contributed by atoms with Crippen LogP contribution in [-0.4, -0.2) is 41.1 Å². The molecule has 0 fully saturated rings. The molecule has 0 unspecified atom stereocenters. The van der Waals surface area contributed by atoms with Crippen LogP contribution in [0, 0.1) is 0 Å². The van der Waals surface area contributed by atoms with Crippen molar-refractivity contribution in [3.05, 3.63) is 40.9 Å². The molecule has 0 radical (unpaired) electrons. The van der Waals surface area contributed by atoms with E-state index in [4.69, 9.17) is 10.5 Å². The number of nitrogens with zero attached hydrogens (tertiary/aromatic N) is 3. The minimum Gasteiger partial charge on any atom is -0.398 e. The number of ether oxygens (including phenoxy) is 1. The van der Waals surface area contributed by atoms with Crippen LogP contribution in [0.1, 0.15) is 0 Å². The van der Waals surface area contributed by atoms with Crippen molar-refractivity contribution in [1.82, 2.24) is 14.5 Å². The third-order valence-corrected chi connectivity index (χ3v) is 4.82. The van der Waals surface area contributed by atoms with E-state index in [-0.39, 0.29) is 5.56 Å². The lowest BCUT2D eigenvalue weighted by Crippen LogP contribution is -2.20. The van der Waals surface area contributed by atoms with E-state index in [1.807, 2.05) is 30.5 Å². The topological polar surface area (TPSA) is 95.1 Å². The summed E-state index contributed by atoms with van der Waals surface area (Å²) in [7, 11) is 3.30. The van der Waals surface area contributed by atoms with E-state index in [9.17, 15) is 4.79 Å². The number of fused-ring (bicyclic) bond motifs is 1. The van der Waals surface area contributed by atoms with Gasteiger partial charge in [-0.25, -0.2) is 9.97 Å². The molecular formula is C18H21N5O2S. The Morgan fingerprint density at radius 2 is 2.15 bits per heavy atom. The van der Waals surface area contributed by atoms with Gasteiger partial charge >= 0.3 is 0 Å². The summed E-state index contributed by atoms with van der Waals surface area (Å²) in [6.45, 7) is 1.05. The highest BCUT2D eigenvalue weighted by Gasteiger charge is 2.13. The molecule has 3 aromatic rings. The number of hydrogen-bond donors (Lipinski definition) is 2. The minimum absolute atomic E-state index is 0.143. The fourth-order valence-corrected chi connectivity index (χ4v) is 3.19. The molecule has 0 atom stereocenters. The number of pyridine rings is 1. The normalized spacial score (nSPS) is 11.0. The highest BCUT2D eigenvalue weighted by atomic mass is 32.2. The Balaban J connectivity index is 2.18. The summed E-state index contributed by atoms with van der Waals surface area (Å²) in [5.41, 5.74) is 8.83. The Morgan fingerprint density at radius 3 is 2.88 bits per heavy atom. The van der Waals surface area contributed by atoms with Crippen molar-refractivity contribution in [3.8, 4) is 11.3 Å². The van der Waals surface area contributed by atoms with Crippen molar-refractivity contribution in [2.24, 2.45) is 7.05 Å². The van der Waals surface area contributed by atoms with E-state index in [0.29, 0.717) is 29.9 Å². The summed E-state index contributed by atoms with van der Waals surface area (Å²) in [6.07, 6.45) is 3.50. The second-order valence-electron chi connectivity index (χ2n) is 5.79. The van der Waals surface area contributed by atoms with Gasteiger partial charge in [0.1, 0.15) is 11.2 Å². The molecule has 0 saturated heterocycles. The summed E-state index contributed by atoms with van der Waals surface area (Å²) < 4.78 is 6.53. The number of aryl methyl sites for hydroxylation is 1. The van der Waals surface area contributed by atoms with Crippen molar-refractivity contribution in [2.45, 2.75) is 4.90 Å². The zero-order valence-electron chi connectivity index (χ0n) is 14.9. The van der Waals surface area contributed by atoms with Crippen LogP contribution in [0.5, 0.6) is 0 Å². The van der Waals surface area contributed by atoms with Gasteiger partial charge in [-0.3, -0.25) is 4.79 Å². The molecule has 0 aliphatic rings. The van der Waals surface area contributed by atoms with Gasteiger partial charge in [0.25, 0.3) is 5.56 Å². The molecular weight excluding hydrogens is 350 g/mol. The minimum atomic E-state index is -0.143. The van der Waals surface area contributed by atoms with Crippen LogP contribution < -0.4 is 16.6 Å². The highest BCUT2D eigenvalue weighted by Crippen LogP contribution is 2.30. The summed E-state index contributed by atoms with van der Waals surface area (Å²) >= 11 is 1.58. The van der Waals surface area contributed by atoms with Crippen LogP contribution in [0.2, 0.25) is 0 Å². The first-order valence-electron chi connectivity index (χ1n) is 8.08. The lowest BCUT2D eigenvalue weighted by atomic mass is 10.1. The van der Waals surface area contributed by atoms with E-state index in [1.165, 1.54) is 10.9 Å². The first-order chi connectivity index (χ1) is 12.5. The Hall–Kier alpha value is -2.58. The molecule has 136 valence electrons. The number of nitrogen functional groups attached to an aromatic ring is 1. The standard InChI is InChI=1S/C18H21N5O2S/c1-23-10-21-14-9-13(11-4-5-12(19)15(8-11)26-3)22-17(16(14)18(23)24)20-6-7-25-2/h4-5,8-10H,6-7,19H2,1-3H3,(H,20,22). The van der Waals surface area contributed by atoms with Gasteiger partial charge in [-0.05, 0) is 24.5 Å². The number of rotatable bonds is 6. The van der Waals surface area contributed by atoms with Crippen molar-refractivity contribution in [1.29, 1.82) is 0 Å². The molecule has 2 heterocycles. The maximum atomic E-state index is 12.6. The average molecular weight is 371 g/mol. The first-order valence-corrected chi connectivity index (χ1v) is 9.30. The Labute approximate surface area is 155 Å². The first kappa shape index (κ1) is 18.2. The van der Waals surface area contributed by atoms with E-state index < -0.39 is 0 Å². The van der Waals surface area contributed by atoms with Crippen molar-refractivity contribution in [2.75, 3.05) is 37.6 Å². The lowest BCUT2D eigenvalue weighted by molar-refractivity contribution is 0.210. The number of methoxy groups -OCH3 is 1. The zero-order chi connectivity index (χ0) is 18.7. The summed E-state index contributed by atoms with van der Waals surface area (Å²) in [5.74, 6) is 0.505. The van der Waals surface area contributed by atoms with Gasteiger partial charge in [0.15, 0.2) is 0 Å². The molecule has 7 nitrogen and oxygen atoms in total. The highest BCUT2D eigenvalue weighted by molar-refractivity contribution is 7.98. The number of benzene rings is 1. The molecule has 0 bridgehead atoms. The van der Waals surface area contributed by atoms with E-state index in [2.05, 4.69) is 15.3 Å². The van der Waals surface area contributed by atoms with Crippen molar-refractivity contribution >= 4 is 34.2 Å². The molecule has 2 aromatic heterocycles. The molecule has 0 spiro atoms. The maximum absolute atomic E-state index is 12.6. The number of nitrogens with two attached hydrogens (primary N) is 1. The third kappa shape index (κ3) is 3.51. The van der Waals surface area contributed by atoms with Crippen LogP contribution in [0.25, 0.3) is 22.2 Å². The quantitative estimate of drug-likeness (QED) is 0.390. The second-order valence-corrected chi connectivity index (χ2v) is 6.64. The fourth-order valence-electron chi connectivity index (χ4n) is 2.64. The molecule has 1 aromatic carbocycles. The van der Waals surface area contributed by atoms with Crippen molar-refractivity contribution < 1.29 is 4.74 Å². The van der Waals surface area contributed by atoms with Crippen LogP contribution >= 0.6 is 11.8 Å². The van der Waals surface area contributed by atoms with Crippen LogP contribution in [0.3, 0.4) is 0 Å². The average Bonchev–Trinajstić information content (AvgIpc) is 2.65. The van der Waals surface area contributed by atoms with Crippen LogP contribution in [-0.2, 0) is 11.8 Å². The number of thioether (sulfide) groups is 1. The monoisotopic (exact) mass is 371 g/mol. The molecule has 8 heteroatoms. The number of aromatic nitrogens is 3. The van der Waals surface area contributed by atoms with Crippen LogP contribution in [0.4, 0.5) is 11.5 Å². The Morgan fingerprint density at radius 1 is 1.35 bits per heavy atom. The van der Waals surface area contributed by atoms with Gasteiger partial charge in [-0.15, -0.1) is 11.8 Å². The van der Waals surface area contributed by atoms with Crippen LogP contribution in [0.15, 0.2) is 40.3 Å². The molecule has 0 aliphatic heterocycles. The van der Waals surface area contributed by atoms with Gasteiger partial charge in [-0.2, -0.15) is 0 Å². The third-order valence-electron chi connectivity index (χ3n) is 4.03. The molecule has 3 rings (SSSR count). The van der Waals surface area contributed by atoms with Gasteiger partial charge in [0.2, 0.25) is 0 Å². The molecule has 26 heavy (non-hydrogen) atoms. The summed E-state index contributed by atoms with van der Waals surface area (Å²) in [5, 5.41) is 3.66. The van der Waals surface area contributed by atoms with Gasteiger partial charge in [0, 0.05) is 36.8 Å². The predicted octanol–water partition coefficient (Wildman–Crippen LogP) is 2.36. The van der Waals surface area contributed by atoms with Gasteiger partial charge < -0.3 is 20.4 Å². The number of hydrogen-bond acceptors (Lipinski definition) is 7. The number of anilines is 2. The smallest absolute Gasteiger partial charge is 0.264 e. The predicted molar refractivity (Wildman–Crippen MR) is 107 cm³/mol.